The predicted octanol–water partition coefficient (Wildman–Crippen LogP) is 3.67. The molecule has 0 aromatic heterocycles. The summed E-state index contributed by atoms with van der Waals surface area (Å²) in [5.74, 6) is -0.807. The standard InChI is InChI=1S/C47H74O16/c1-12-22(2)42(52)61-33-20-31-30(47(53)18-16-29(23(3)48)46(33,47)8)14-13-27-19-28(15-17-45(27,31)7)60-34-21-32(54-9)38(25(5)57-34)62-44-37(51)41(56-11)39(26(6)59-44)63-43-36(50)40(55-10)35(49)24(4)58-43/h12-13,24-26,28-41,43-44,49-51,53H,14-21H2,1-11H3/b22-12+/t24-,25-,26-,28+,29-,30-,31+,32+,33-,34+,35-,36-,37-,38-,39-,40+,41-,43+,44+,45+,46+,47+/m1/s1. The van der Waals surface area contributed by atoms with Gasteiger partial charge in [0.2, 0.25) is 0 Å². The third-order valence-electron chi connectivity index (χ3n) is 16.7. The van der Waals surface area contributed by atoms with E-state index in [4.69, 9.17) is 47.4 Å². The predicted molar refractivity (Wildman–Crippen MR) is 225 cm³/mol. The van der Waals surface area contributed by atoms with Crippen LogP contribution >= 0.6 is 0 Å². The minimum absolute atomic E-state index is 0.0276. The van der Waals surface area contributed by atoms with Crippen molar-refractivity contribution in [1.82, 2.24) is 0 Å². The average Bonchev–Trinajstić information content (AvgIpc) is 3.54. The van der Waals surface area contributed by atoms with E-state index < -0.39 is 115 Å². The molecule has 6 fully saturated rings. The van der Waals surface area contributed by atoms with Gasteiger partial charge < -0.3 is 67.8 Å². The second-order valence-corrected chi connectivity index (χ2v) is 19.9. The second kappa shape index (κ2) is 19.0. The van der Waals surface area contributed by atoms with Gasteiger partial charge in [0.25, 0.3) is 0 Å². The fraction of sp³-hybridized carbons (Fsp3) is 0.872. The molecule has 358 valence electrons. The highest BCUT2D eigenvalue weighted by Gasteiger charge is 2.71. The van der Waals surface area contributed by atoms with Crippen molar-refractivity contribution >= 4 is 11.8 Å². The van der Waals surface area contributed by atoms with Crippen molar-refractivity contribution in [2.45, 2.75) is 211 Å². The molecule has 0 unspecified atom stereocenters. The fourth-order valence-electron chi connectivity index (χ4n) is 12.8. The second-order valence-electron chi connectivity index (χ2n) is 19.9. The summed E-state index contributed by atoms with van der Waals surface area (Å²) in [6.45, 7) is 14.7. The van der Waals surface area contributed by atoms with Gasteiger partial charge in [0.15, 0.2) is 18.9 Å². The Labute approximate surface area is 372 Å². The van der Waals surface area contributed by atoms with Crippen LogP contribution in [0.5, 0.6) is 0 Å². The molecule has 22 atom stereocenters. The van der Waals surface area contributed by atoms with E-state index in [1.54, 1.807) is 47.8 Å². The van der Waals surface area contributed by atoms with E-state index in [1.165, 1.54) is 19.8 Å². The Kier molecular flexibility index (Phi) is 14.8. The molecule has 3 saturated heterocycles. The molecular weight excluding hydrogens is 821 g/mol. The van der Waals surface area contributed by atoms with E-state index in [0.717, 1.165) is 12.8 Å². The van der Waals surface area contributed by atoms with Gasteiger partial charge in [-0.05, 0) is 104 Å². The van der Waals surface area contributed by atoms with Gasteiger partial charge in [0, 0.05) is 44.7 Å². The Balaban J connectivity index is 0.993. The highest BCUT2D eigenvalue weighted by Crippen LogP contribution is 2.68. The summed E-state index contributed by atoms with van der Waals surface area (Å²) < 4.78 is 61.1. The highest BCUT2D eigenvalue weighted by molar-refractivity contribution is 5.88. The SMILES string of the molecule is C/C=C(\C)C(=O)O[C@@H]1C[C@H]2[C@@H](CC=C3C[C@@H](O[C@H]4C[C@H](OC)[C@H](O[C@@H]5O[C@H](C)[C@@H](O[C@@H]6O[C@H](C)[C@@H](O)[C@H](OC)[C@H]6O)[C@H](OC)[C@H]5O)[C@@H](C)O4)CC[C@@]32C)[C@@]2(O)CC[C@H](C(C)=O)[C@@]12C. The van der Waals surface area contributed by atoms with Crippen LogP contribution in [-0.4, -0.2) is 157 Å². The first-order valence-corrected chi connectivity index (χ1v) is 23.1. The highest BCUT2D eigenvalue weighted by atomic mass is 16.8. The molecule has 4 aliphatic carbocycles. The van der Waals surface area contributed by atoms with Crippen LogP contribution < -0.4 is 0 Å². The third-order valence-corrected chi connectivity index (χ3v) is 16.7. The van der Waals surface area contributed by atoms with Gasteiger partial charge in [-0.25, -0.2) is 4.79 Å². The number of ether oxygens (including phenoxy) is 10. The number of hydrogen-bond acceptors (Lipinski definition) is 16. The summed E-state index contributed by atoms with van der Waals surface area (Å²) in [7, 11) is 4.43. The topological polar surface area (TPSA) is 207 Å². The zero-order chi connectivity index (χ0) is 45.9. The van der Waals surface area contributed by atoms with Crippen molar-refractivity contribution in [2.24, 2.45) is 28.6 Å². The van der Waals surface area contributed by atoms with E-state index in [0.29, 0.717) is 44.1 Å². The van der Waals surface area contributed by atoms with Gasteiger partial charge in [-0.3, -0.25) is 4.79 Å². The first-order valence-electron chi connectivity index (χ1n) is 23.1. The lowest BCUT2D eigenvalue weighted by Gasteiger charge is -2.63. The smallest absolute Gasteiger partial charge is 0.333 e. The number of fused-ring (bicyclic) bond motifs is 5. The quantitative estimate of drug-likeness (QED) is 0.125. The maximum Gasteiger partial charge on any atom is 0.333 e. The number of ketones is 1. The molecule has 3 aliphatic heterocycles. The normalized spacial score (nSPS) is 50.2. The molecule has 7 rings (SSSR count). The van der Waals surface area contributed by atoms with Gasteiger partial charge in [-0.1, -0.05) is 31.6 Å². The Hall–Kier alpha value is -1.90. The van der Waals surface area contributed by atoms with Gasteiger partial charge in [0.05, 0.1) is 36.1 Å². The van der Waals surface area contributed by atoms with E-state index >= 15 is 0 Å². The molecule has 0 spiro atoms. The Morgan fingerprint density at radius 1 is 0.762 bits per heavy atom. The van der Waals surface area contributed by atoms with Crippen molar-refractivity contribution in [2.75, 3.05) is 21.3 Å². The van der Waals surface area contributed by atoms with Gasteiger partial charge in [-0.15, -0.1) is 0 Å². The number of aliphatic hydroxyl groups is 4. The lowest BCUT2D eigenvalue weighted by atomic mass is 9.45. The van der Waals surface area contributed by atoms with Crippen LogP contribution in [0.3, 0.4) is 0 Å². The number of allylic oxidation sites excluding steroid dienone is 2. The Morgan fingerprint density at radius 3 is 2.03 bits per heavy atom. The number of rotatable bonds is 12. The molecule has 63 heavy (non-hydrogen) atoms. The molecular formula is C47H74O16. The van der Waals surface area contributed by atoms with Crippen LogP contribution in [0.25, 0.3) is 0 Å². The maximum atomic E-state index is 13.3. The number of carbonyl (C=O) groups excluding carboxylic acids is 2. The average molecular weight is 895 g/mol. The van der Waals surface area contributed by atoms with E-state index in [1.807, 2.05) is 13.8 Å². The summed E-state index contributed by atoms with van der Waals surface area (Å²) in [5, 5.41) is 45.6. The van der Waals surface area contributed by atoms with Crippen molar-refractivity contribution in [1.29, 1.82) is 0 Å². The van der Waals surface area contributed by atoms with Crippen LogP contribution in [0.4, 0.5) is 0 Å². The lowest BCUT2D eigenvalue weighted by molar-refractivity contribution is -0.370. The molecule has 0 radical (unpaired) electrons. The molecule has 0 bridgehead atoms. The van der Waals surface area contributed by atoms with E-state index in [9.17, 15) is 30.0 Å². The van der Waals surface area contributed by atoms with Crippen molar-refractivity contribution < 1.29 is 77.4 Å². The van der Waals surface area contributed by atoms with E-state index in [-0.39, 0.29) is 29.1 Å². The molecule has 0 aromatic rings. The first kappa shape index (κ1) is 49.0. The zero-order valence-corrected chi connectivity index (χ0v) is 39.0. The molecule has 16 nitrogen and oxygen atoms in total. The van der Waals surface area contributed by atoms with Gasteiger partial charge >= 0.3 is 5.97 Å². The van der Waals surface area contributed by atoms with Crippen LogP contribution in [-0.2, 0) is 57.0 Å². The number of aliphatic hydroxyl groups excluding tert-OH is 3. The van der Waals surface area contributed by atoms with Crippen LogP contribution in [0.1, 0.15) is 107 Å². The van der Waals surface area contributed by atoms with E-state index in [2.05, 4.69) is 13.0 Å². The molecule has 0 aromatic carbocycles. The summed E-state index contributed by atoms with van der Waals surface area (Å²) in [6, 6.07) is 0. The third kappa shape index (κ3) is 8.54. The number of esters is 1. The molecule has 4 N–H and O–H groups in total. The minimum atomic E-state index is -1.31. The number of hydrogen-bond donors (Lipinski definition) is 4. The van der Waals surface area contributed by atoms with Crippen LogP contribution in [0, 0.1) is 28.6 Å². The molecule has 7 aliphatic rings. The minimum Gasteiger partial charge on any atom is -0.458 e. The Morgan fingerprint density at radius 2 is 1.40 bits per heavy atom. The van der Waals surface area contributed by atoms with Crippen molar-refractivity contribution in [3.63, 3.8) is 0 Å². The maximum absolute atomic E-state index is 13.3. The largest absolute Gasteiger partial charge is 0.458 e. The first-order chi connectivity index (χ1) is 29.8. The summed E-state index contributed by atoms with van der Waals surface area (Å²) >= 11 is 0. The van der Waals surface area contributed by atoms with Crippen molar-refractivity contribution in [3.05, 3.63) is 23.3 Å². The molecule has 0 amide bonds. The lowest BCUT2D eigenvalue weighted by Crippen LogP contribution is -2.66. The van der Waals surface area contributed by atoms with Crippen LogP contribution in [0.15, 0.2) is 23.3 Å². The molecule has 3 saturated carbocycles. The molecule has 3 heterocycles. The number of carbonyl (C=O) groups is 2. The van der Waals surface area contributed by atoms with Gasteiger partial charge in [-0.2, -0.15) is 0 Å². The summed E-state index contributed by atoms with van der Waals surface area (Å²) in [4.78, 5) is 26.4. The summed E-state index contributed by atoms with van der Waals surface area (Å²) in [5.41, 5.74) is -0.540. The van der Waals surface area contributed by atoms with Gasteiger partial charge in [0.1, 0.15) is 54.6 Å². The fourth-order valence-corrected chi connectivity index (χ4v) is 12.8. The van der Waals surface area contributed by atoms with Crippen molar-refractivity contribution in [3.8, 4) is 0 Å². The monoisotopic (exact) mass is 894 g/mol. The number of Topliss-reactive ketones (excluding diaryl/α,β-unsaturated/α-hetero) is 1. The number of methoxy groups -OCH3 is 3. The van der Waals surface area contributed by atoms with Crippen LogP contribution in [0.2, 0.25) is 0 Å². The Bertz CT molecular complexity index is 1710. The zero-order valence-electron chi connectivity index (χ0n) is 39.0. The summed E-state index contributed by atoms with van der Waals surface area (Å²) in [6.07, 6.45) is -4.13. The molecule has 16 heteroatoms.